The monoisotopic (exact) mass is 132 g/mol. The highest BCUT2D eigenvalue weighted by molar-refractivity contribution is 8.00. The Morgan fingerprint density at radius 3 is 1.88 bits per heavy atom. The lowest BCUT2D eigenvalue weighted by Gasteiger charge is -1.84. The molecule has 1 heterocycles. The van der Waals surface area contributed by atoms with E-state index < -0.39 is 9.84 Å². The molecule has 0 amide bonds. The van der Waals surface area contributed by atoms with Crippen molar-refractivity contribution >= 4 is 9.84 Å². The lowest BCUT2D eigenvalue weighted by atomic mass is 10.4. The quantitative estimate of drug-likeness (QED) is 0.445. The number of fused-ring (bicyclic) bond motifs is 1. The van der Waals surface area contributed by atoms with Crippen molar-refractivity contribution < 1.29 is 8.42 Å². The molecule has 0 spiro atoms. The summed E-state index contributed by atoms with van der Waals surface area (Å²) in [5.41, 5.74) is 0. The van der Waals surface area contributed by atoms with Gasteiger partial charge < -0.3 is 0 Å². The van der Waals surface area contributed by atoms with Gasteiger partial charge in [-0.25, -0.2) is 8.42 Å². The minimum absolute atomic E-state index is 0.0995. The maximum absolute atomic E-state index is 10.7. The Morgan fingerprint density at radius 1 is 1.12 bits per heavy atom. The number of sulfone groups is 1. The van der Waals surface area contributed by atoms with Crippen LogP contribution in [-0.4, -0.2) is 18.9 Å². The minimum atomic E-state index is -2.50. The molecule has 8 heavy (non-hydrogen) atoms. The molecule has 0 N–H and O–H groups in total. The zero-order valence-corrected chi connectivity index (χ0v) is 5.32. The van der Waals surface area contributed by atoms with Crippen molar-refractivity contribution in [3.63, 3.8) is 0 Å². The van der Waals surface area contributed by atoms with E-state index in [0.717, 1.165) is 19.3 Å². The van der Waals surface area contributed by atoms with Gasteiger partial charge in [-0.2, -0.15) is 0 Å². The Balaban J connectivity index is 2.37. The highest BCUT2D eigenvalue weighted by atomic mass is 32.2. The molecule has 2 aliphatic rings. The first-order valence-corrected chi connectivity index (χ1v) is 4.56. The molecular formula is C5H8O2S. The zero-order chi connectivity index (χ0) is 5.78. The predicted octanol–water partition coefficient (Wildman–Crippen LogP) is 0.336. The van der Waals surface area contributed by atoms with E-state index in [1.165, 1.54) is 0 Å². The maximum atomic E-state index is 10.7. The summed E-state index contributed by atoms with van der Waals surface area (Å²) in [5.74, 6) is 0. The van der Waals surface area contributed by atoms with Crippen LogP contribution in [-0.2, 0) is 9.84 Å². The normalized spacial score (nSPS) is 48.5. The van der Waals surface area contributed by atoms with E-state index in [1.54, 1.807) is 0 Å². The van der Waals surface area contributed by atoms with Crippen LogP contribution in [0.25, 0.3) is 0 Å². The summed E-state index contributed by atoms with van der Waals surface area (Å²) in [4.78, 5) is 0. The van der Waals surface area contributed by atoms with Gasteiger partial charge in [-0.3, -0.25) is 0 Å². The average Bonchev–Trinajstić information content (AvgIpc) is 2.22. The van der Waals surface area contributed by atoms with E-state index in [2.05, 4.69) is 0 Å². The van der Waals surface area contributed by atoms with E-state index >= 15 is 0 Å². The van der Waals surface area contributed by atoms with E-state index in [0.29, 0.717) is 0 Å². The largest absolute Gasteiger partial charge is 0.228 e. The molecule has 1 saturated carbocycles. The minimum Gasteiger partial charge on any atom is -0.228 e. The van der Waals surface area contributed by atoms with Gasteiger partial charge in [0, 0.05) is 0 Å². The molecule has 1 aliphatic heterocycles. The highest BCUT2D eigenvalue weighted by Crippen LogP contribution is 2.45. The molecule has 46 valence electrons. The molecule has 0 unspecified atom stereocenters. The van der Waals surface area contributed by atoms with Gasteiger partial charge in [-0.05, 0) is 12.8 Å². The Morgan fingerprint density at radius 2 is 1.62 bits per heavy atom. The lowest BCUT2D eigenvalue weighted by molar-refractivity contribution is 0.604. The van der Waals surface area contributed by atoms with Crippen molar-refractivity contribution in [3.8, 4) is 0 Å². The van der Waals surface area contributed by atoms with Gasteiger partial charge in [0.1, 0.15) is 0 Å². The van der Waals surface area contributed by atoms with Crippen molar-refractivity contribution in [1.29, 1.82) is 0 Å². The molecule has 1 aliphatic carbocycles. The molecule has 0 bridgehead atoms. The first-order valence-electron chi connectivity index (χ1n) is 2.95. The van der Waals surface area contributed by atoms with Crippen molar-refractivity contribution in [1.82, 2.24) is 0 Å². The molecule has 2 nitrogen and oxygen atoms in total. The number of hydrogen-bond donors (Lipinski definition) is 0. The van der Waals surface area contributed by atoms with Crippen LogP contribution in [0.4, 0.5) is 0 Å². The second-order valence-electron chi connectivity index (χ2n) is 2.60. The Bertz CT molecular complexity index is 188. The van der Waals surface area contributed by atoms with Crippen molar-refractivity contribution in [2.24, 2.45) is 0 Å². The van der Waals surface area contributed by atoms with E-state index in [-0.39, 0.29) is 10.5 Å². The number of rotatable bonds is 0. The molecule has 1 saturated heterocycles. The molecule has 2 rings (SSSR count). The van der Waals surface area contributed by atoms with Crippen LogP contribution < -0.4 is 0 Å². The fourth-order valence-electron chi connectivity index (χ4n) is 1.60. The summed E-state index contributed by atoms with van der Waals surface area (Å²) in [7, 11) is -2.50. The van der Waals surface area contributed by atoms with Gasteiger partial charge >= 0.3 is 0 Å². The molecule has 3 heteroatoms. The number of hydrogen-bond acceptors (Lipinski definition) is 2. The van der Waals surface area contributed by atoms with Crippen molar-refractivity contribution in [3.05, 3.63) is 0 Å². The third kappa shape index (κ3) is 0.366. The van der Waals surface area contributed by atoms with Crippen LogP contribution in [0.2, 0.25) is 0 Å². The molecule has 0 aromatic rings. The molecule has 0 aromatic heterocycles. The fourth-order valence-corrected chi connectivity index (χ4v) is 3.90. The standard InChI is InChI=1S/C5H8O2S/c6-8(7)4-2-1-3-5(4)8/h4-5H,1-3H2/t4-,5+. The predicted molar refractivity (Wildman–Crippen MR) is 30.3 cm³/mol. The summed E-state index contributed by atoms with van der Waals surface area (Å²) >= 11 is 0. The second-order valence-corrected chi connectivity index (χ2v) is 4.99. The first kappa shape index (κ1) is 4.79. The molecule has 2 fully saturated rings. The van der Waals surface area contributed by atoms with Crippen LogP contribution in [0.15, 0.2) is 0 Å². The fraction of sp³-hybridized carbons (Fsp3) is 1.00. The van der Waals surface area contributed by atoms with Gasteiger partial charge in [-0.1, -0.05) is 6.42 Å². The van der Waals surface area contributed by atoms with Crippen LogP contribution in [0.5, 0.6) is 0 Å². The summed E-state index contributed by atoms with van der Waals surface area (Å²) in [6.07, 6.45) is 3.01. The molecule has 2 atom stereocenters. The Kier molecular flexibility index (Phi) is 0.660. The summed E-state index contributed by atoms with van der Waals surface area (Å²) in [5, 5.41) is 0.199. The summed E-state index contributed by atoms with van der Waals surface area (Å²) in [6, 6.07) is 0. The average molecular weight is 132 g/mol. The van der Waals surface area contributed by atoms with Crippen molar-refractivity contribution in [2.75, 3.05) is 0 Å². The van der Waals surface area contributed by atoms with Gasteiger partial charge in [0.15, 0.2) is 9.84 Å². The SMILES string of the molecule is O=S1(=O)[C@@H]2CCC[C@@H]21. The second kappa shape index (κ2) is 1.10. The molecule has 0 aromatic carbocycles. The Labute approximate surface area is 48.8 Å². The zero-order valence-electron chi connectivity index (χ0n) is 4.50. The third-order valence-electron chi connectivity index (χ3n) is 2.16. The first-order chi connectivity index (χ1) is 3.73. The van der Waals surface area contributed by atoms with Crippen LogP contribution in [0.3, 0.4) is 0 Å². The third-order valence-corrected chi connectivity index (χ3v) is 4.66. The smallest absolute Gasteiger partial charge is 0.158 e. The van der Waals surface area contributed by atoms with Crippen LogP contribution >= 0.6 is 0 Å². The van der Waals surface area contributed by atoms with Crippen LogP contribution in [0, 0.1) is 0 Å². The van der Waals surface area contributed by atoms with E-state index in [1.807, 2.05) is 0 Å². The maximum Gasteiger partial charge on any atom is 0.158 e. The van der Waals surface area contributed by atoms with Crippen LogP contribution in [0.1, 0.15) is 19.3 Å². The summed E-state index contributed by atoms with van der Waals surface area (Å²) in [6.45, 7) is 0. The van der Waals surface area contributed by atoms with Gasteiger partial charge in [0.05, 0.1) is 10.5 Å². The van der Waals surface area contributed by atoms with Gasteiger partial charge in [-0.15, -0.1) is 0 Å². The topological polar surface area (TPSA) is 34.1 Å². The highest BCUT2D eigenvalue weighted by Gasteiger charge is 2.59. The Hall–Kier alpha value is -0.0500. The van der Waals surface area contributed by atoms with E-state index in [9.17, 15) is 8.42 Å². The van der Waals surface area contributed by atoms with Crippen molar-refractivity contribution in [2.45, 2.75) is 29.8 Å². The van der Waals surface area contributed by atoms with Gasteiger partial charge in [0.2, 0.25) is 0 Å². The molecular weight excluding hydrogens is 124 g/mol. The van der Waals surface area contributed by atoms with E-state index in [4.69, 9.17) is 0 Å². The molecule has 0 radical (unpaired) electrons. The summed E-state index contributed by atoms with van der Waals surface area (Å²) < 4.78 is 21.4. The lowest BCUT2D eigenvalue weighted by Crippen LogP contribution is -1.86. The van der Waals surface area contributed by atoms with Gasteiger partial charge in [0.25, 0.3) is 0 Å².